The fraction of sp³-hybridized carbons (Fsp3) is 0.360. The first kappa shape index (κ1) is 22.9. The van der Waals surface area contributed by atoms with Crippen LogP contribution in [-0.4, -0.2) is 19.3 Å². The van der Waals surface area contributed by atoms with Crippen molar-refractivity contribution in [1.29, 1.82) is 0 Å². The van der Waals surface area contributed by atoms with Crippen LogP contribution in [-0.2, 0) is 16.4 Å². The van der Waals surface area contributed by atoms with E-state index in [2.05, 4.69) is 4.72 Å². The molecule has 0 radical (unpaired) electrons. The van der Waals surface area contributed by atoms with E-state index in [4.69, 9.17) is 4.42 Å². The number of carbonyl (C=O) groups is 1. The van der Waals surface area contributed by atoms with Crippen LogP contribution in [0.3, 0.4) is 0 Å². The molecule has 2 N–H and O–H groups in total. The van der Waals surface area contributed by atoms with Crippen LogP contribution in [0.2, 0.25) is 0 Å². The van der Waals surface area contributed by atoms with Gasteiger partial charge in [-0.05, 0) is 60.7 Å². The summed E-state index contributed by atoms with van der Waals surface area (Å²) in [6, 6.07) is 10.1. The predicted molar refractivity (Wildman–Crippen MR) is 129 cm³/mol. The summed E-state index contributed by atoms with van der Waals surface area (Å²) < 4.78 is 33.8. The number of fused-ring (bicyclic) bond motifs is 1. The van der Waals surface area contributed by atoms with Crippen molar-refractivity contribution in [2.24, 2.45) is 5.92 Å². The summed E-state index contributed by atoms with van der Waals surface area (Å²) in [6.07, 6.45) is 4.88. The topological polar surface area (TPSA) is 114 Å². The van der Waals surface area contributed by atoms with Gasteiger partial charge in [-0.1, -0.05) is 24.6 Å². The number of nitrogens with one attached hydrogen (secondary N) is 1. The number of anilines is 1. The van der Waals surface area contributed by atoms with Crippen molar-refractivity contribution in [2.45, 2.75) is 55.1 Å². The molecule has 2 aliphatic carbocycles. The van der Waals surface area contributed by atoms with Crippen LogP contribution < -0.4 is 10.3 Å². The highest BCUT2D eigenvalue weighted by Crippen LogP contribution is 2.49. The minimum Gasteiger partial charge on any atom is -0.506 e. The number of thiophene rings is 1. The second-order valence-corrected chi connectivity index (χ2v) is 11.8. The summed E-state index contributed by atoms with van der Waals surface area (Å²) in [5.41, 5.74) is 0.645. The predicted octanol–water partition coefficient (Wildman–Crippen LogP) is 5.05. The van der Waals surface area contributed by atoms with E-state index in [0.717, 1.165) is 43.4 Å². The number of hydrogen-bond acceptors (Lipinski definition) is 7. The van der Waals surface area contributed by atoms with Crippen LogP contribution in [0.25, 0.3) is 0 Å². The molecule has 34 heavy (non-hydrogen) atoms. The molecule has 0 saturated heterocycles. The maximum Gasteiger partial charge on any atom is 0.343 e. The zero-order valence-corrected chi connectivity index (χ0v) is 20.1. The molecule has 1 unspecified atom stereocenters. The van der Waals surface area contributed by atoms with Crippen LogP contribution >= 0.6 is 11.3 Å². The normalized spacial score (nSPS) is 17.5. The lowest BCUT2D eigenvalue weighted by Gasteiger charge is -2.21. The Morgan fingerprint density at radius 2 is 1.85 bits per heavy atom. The van der Waals surface area contributed by atoms with Crippen LogP contribution in [0, 0.1) is 5.92 Å². The van der Waals surface area contributed by atoms with Gasteiger partial charge in [0.2, 0.25) is 0 Å². The SMILES string of the molecule is O=C1CCCCCc2oc(=O)c(C(c3cccc(NS(=O)(=O)c4cccs4)c3)C3CC3)c(O)c21. The Hall–Kier alpha value is -2.91. The van der Waals surface area contributed by atoms with E-state index in [9.17, 15) is 23.1 Å². The molecular formula is C25H25NO6S2. The average molecular weight is 500 g/mol. The minimum atomic E-state index is -3.73. The molecule has 3 aromatic rings. The van der Waals surface area contributed by atoms with Gasteiger partial charge in [0.05, 0.1) is 11.1 Å². The van der Waals surface area contributed by atoms with E-state index in [1.165, 1.54) is 6.07 Å². The van der Waals surface area contributed by atoms with Crippen LogP contribution in [0.5, 0.6) is 5.75 Å². The van der Waals surface area contributed by atoms with Gasteiger partial charge in [0.1, 0.15) is 15.7 Å². The Balaban J connectivity index is 1.57. The van der Waals surface area contributed by atoms with Gasteiger partial charge in [0.15, 0.2) is 5.78 Å². The molecule has 2 aliphatic rings. The molecule has 0 spiro atoms. The van der Waals surface area contributed by atoms with Gasteiger partial charge in [-0.15, -0.1) is 11.3 Å². The number of ketones is 1. The molecule has 1 aromatic carbocycles. The summed E-state index contributed by atoms with van der Waals surface area (Å²) in [4.78, 5) is 25.9. The number of carbonyl (C=O) groups excluding carboxylic acids is 1. The highest BCUT2D eigenvalue weighted by molar-refractivity contribution is 7.94. The third-order valence-corrected chi connectivity index (χ3v) is 9.23. The van der Waals surface area contributed by atoms with Gasteiger partial charge < -0.3 is 9.52 Å². The second kappa shape index (κ2) is 9.03. The lowest BCUT2D eigenvalue weighted by atomic mass is 9.85. The maximum atomic E-state index is 13.1. The van der Waals surface area contributed by atoms with Crippen LogP contribution in [0.4, 0.5) is 5.69 Å². The third kappa shape index (κ3) is 4.42. The van der Waals surface area contributed by atoms with E-state index in [1.807, 2.05) is 6.07 Å². The van der Waals surface area contributed by atoms with Crippen molar-refractivity contribution in [3.8, 4) is 5.75 Å². The maximum absolute atomic E-state index is 13.1. The number of aryl methyl sites for hydroxylation is 1. The monoisotopic (exact) mass is 499 g/mol. The van der Waals surface area contributed by atoms with E-state index < -0.39 is 21.6 Å². The molecule has 1 atom stereocenters. The molecule has 2 heterocycles. The zero-order chi connectivity index (χ0) is 23.9. The largest absolute Gasteiger partial charge is 0.506 e. The molecular weight excluding hydrogens is 474 g/mol. The Bertz CT molecular complexity index is 1390. The van der Waals surface area contributed by atoms with Crippen molar-refractivity contribution in [3.05, 3.63) is 74.6 Å². The smallest absolute Gasteiger partial charge is 0.343 e. The molecule has 1 fully saturated rings. The van der Waals surface area contributed by atoms with Gasteiger partial charge in [0.25, 0.3) is 10.0 Å². The first-order valence-electron chi connectivity index (χ1n) is 11.4. The Morgan fingerprint density at radius 3 is 2.59 bits per heavy atom. The van der Waals surface area contributed by atoms with Crippen LogP contribution in [0.15, 0.2) is 55.2 Å². The summed E-state index contributed by atoms with van der Waals surface area (Å²) in [7, 11) is -3.73. The molecule has 178 valence electrons. The fourth-order valence-corrected chi connectivity index (χ4v) is 6.76. The Morgan fingerprint density at radius 1 is 1.06 bits per heavy atom. The summed E-state index contributed by atoms with van der Waals surface area (Å²) in [5.74, 6) is -0.613. The summed E-state index contributed by atoms with van der Waals surface area (Å²) in [5, 5.41) is 12.9. The number of sulfonamides is 1. The average Bonchev–Trinajstić information content (AvgIpc) is 3.44. The van der Waals surface area contributed by atoms with Gasteiger partial charge in [-0.25, -0.2) is 13.2 Å². The van der Waals surface area contributed by atoms with Crippen molar-refractivity contribution in [3.63, 3.8) is 0 Å². The first-order chi connectivity index (χ1) is 16.3. The molecule has 1 saturated carbocycles. The quantitative estimate of drug-likeness (QED) is 0.491. The third-order valence-electron chi connectivity index (χ3n) is 6.46. The van der Waals surface area contributed by atoms with Gasteiger partial charge in [0, 0.05) is 24.4 Å². The summed E-state index contributed by atoms with van der Waals surface area (Å²) >= 11 is 1.12. The molecule has 9 heteroatoms. The summed E-state index contributed by atoms with van der Waals surface area (Å²) in [6.45, 7) is 0. The van der Waals surface area contributed by atoms with Crippen molar-refractivity contribution < 1.29 is 22.7 Å². The van der Waals surface area contributed by atoms with Crippen molar-refractivity contribution in [1.82, 2.24) is 0 Å². The highest BCUT2D eigenvalue weighted by Gasteiger charge is 2.39. The number of Topliss-reactive ketones (excluding diaryl/α,β-unsaturated/α-hetero) is 1. The molecule has 0 amide bonds. The van der Waals surface area contributed by atoms with E-state index in [-0.39, 0.29) is 38.5 Å². The Labute approximate surface area is 201 Å². The molecule has 0 bridgehead atoms. The highest BCUT2D eigenvalue weighted by atomic mass is 32.2. The van der Waals surface area contributed by atoms with E-state index in [1.54, 1.807) is 29.6 Å². The van der Waals surface area contributed by atoms with E-state index >= 15 is 0 Å². The lowest BCUT2D eigenvalue weighted by molar-refractivity contribution is 0.0968. The number of hydrogen-bond donors (Lipinski definition) is 2. The zero-order valence-electron chi connectivity index (χ0n) is 18.5. The molecule has 7 nitrogen and oxygen atoms in total. The van der Waals surface area contributed by atoms with E-state index in [0.29, 0.717) is 24.1 Å². The minimum absolute atomic E-state index is 0.0911. The van der Waals surface area contributed by atoms with Crippen LogP contribution in [0.1, 0.15) is 71.7 Å². The first-order valence-corrected chi connectivity index (χ1v) is 13.8. The van der Waals surface area contributed by atoms with Gasteiger partial charge in [-0.2, -0.15) is 0 Å². The van der Waals surface area contributed by atoms with Crippen molar-refractivity contribution >= 4 is 32.8 Å². The lowest BCUT2D eigenvalue weighted by Crippen LogP contribution is -2.21. The van der Waals surface area contributed by atoms with Gasteiger partial charge >= 0.3 is 5.63 Å². The Kier molecular flexibility index (Phi) is 6.07. The number of rotatable bonds is 6. The second-order valence-electron chi connectivity index (χ2n) is 8.91. The standard InChI is InChI=1S/C25H25NO6S2/c27-18-8-2-1-3-9-19-22(18)24(28)23(25(29)32-19)21(15-11-12-15)16-6-4-7-17(14-16)26-34(30,31)20-10-5-13-33-20/h4-7,10,13-15,21,26,28H,1-3,8-9,11-12H2. The van der Waals surface area contributed by atoms with Crippen molar-refractivity contribution in [2.75, 3.05) is 4.72 Å². The number of benzene rings is 1. The van der Waals surface area contributed by atoms with Gasteiger partial charge in [-0.3, -0.25) is 9.52 Å². The fourth-order valence-electron chi connectivity index (χ4n) is 4.71. The molecule has 0 aliphatic heterocycles. The molecule has 2 aromatic heterocycles. The number of aromatic hydroxyl groups is 1. The molecule has 5 rings (SSSR count).